The number of esters is 1. The van der Waals surface area contributed by atoms with E-state index in [2.05, 4.69) is 4.98 Å². The maximum Gasteiger partial charge on any atom is 0.341 e. The molecule has 0 aliphatic heterocycles. The molecule has 2 N–H and O–H groups in total. The lowest BCUT2D eigenvalue weighted by molar-refractivity contribution is 0.0527. The summed E-state index contributed by atoms with van der Waals surface area (Å²) in [5, 5.41) is 0.740. The summed E-state index contributed by atoms with van der Waals surface area (Å²) in [5.74, 6) is 0.229. The molecule has 0 fully saturated rings. The Morgan fingerprint density at radius 1 is 1.38 bits per heavy atom. The van der Waals surface area contributed by atoms with Crippen molar-refractivity contribution in [2.24, 2.45) is 0 Å². The lowest BCUT2D eigenvalue weighted by Crippen LogP contribution is -2.10. The van der Waals surface area contributed by atoms with Gasteiger partial charge in [-0.05, 0) is 6.92 Å². The van der Waals surface area contributed by atoms with Gasteiger partial charge in [-0.15, -0.1) is 0 Å². The second-order valence-corrected chi connectivity index (χ2v) is 4.53. The molecule has 0 aliphatic carbocycles. The molecule has 0 unspecified atom stereocenters. The van der Waals surface area contributed by atoms with E-state index in [4.69, 9.17) is 31.5 Å². The predicted molar refractivity (Wildman–Crippen MR) is 80.2 cm³/mol. The molecule has 1 aromatic carbocycles. The number of carbonyl (C=O) groups excluding carboxylic acids is 1. The second kappa shape index (κ2) is 6.05. The van der Waals surface area contributed by atoms with Gasteiger partial charge in [0, 0.05) is 12.3 Å². The highest BCUT2D eigenvalue weighted by Crippen LogP contribution is 2.42. The van der Waals surface area contributed by atoms with Crippen LogP contribution in [0.25, 0.3) is 10.9 Å². The maximum atomic E-state index is 11.9. The molecule has 2 rings (SSSR count). The van der Waals surface area contributed by atoms with Crippen LogP contribution in [0.4, 0.5) is 5.69 Å². The van der Waals surface area contributed by atoms with E-state index in [0.717, 1.165) is 0 Å². The van der Waals surface area contributed by atoms with Crippen LogP contribution in [0, 0.1) is 0 Å². The number of benzene rings is 1. The van der Waals surface area contributed by atoms with Crippen LogP contribution in [0.1, 0.15) is 17.3 Å². The van der Waals surface area contributed by atoms with Gasteiger partial charge in [0.25, 0.3) is 0 Å². The Morgan fingerprint density at radius 2 is 2.10 bits per heavy atom. The number of nitrogen functional groups attached to an aromatic ring is 1. The predicted octanol–water partition coefficient (Wildman–Crippen LogP) is 2.66. The molecule has 0 aliphatic rings. The van der Waals surface area contributed by atoms with E-state index >= 15 is 0 Å². The van der Waals surface area contributed by atoms with Gasteiger partial charge in [0.15, 0.2) is 0 Å². The number of aromatic nitrogens is 1. The number of hydrogen-bond acceptors (Lipinski definition) is 6. The number of fused-ring (bicyclic) bond motifs is 1. The summed E-state index contributed by atoms with van der Waals surface area (Å²) in [5.41, 5.74) is 6.90. The molecule has 21 heavy (non-hydrogen) atoms. The van der Waals surface area contributed by atoms with E-state index in [-0.39, 0.29) is 17.9 Å². The van der Waals surface area contributed by atoms with E-state index in [1.807, 2.05) is 0 Å². The number of halogens is 1. The minimum atomic E-state index is -0.551. The van der Waals surface area contributed by atoms with E-state index in [1.165, 1.54) is 20.4 Å². The Balaban J connectivity index is 2.81. The topological polar surface area (TPSA) is 83.7 Å². The number of pyridine rings is 1. The van der Waals surface area contributed by atoms with Gasteiger partial charge in [-0.3, -0.25) is 4.98 Å². The van der Waals surface area contributed by atoms with Crippen LogP contribution >= 0.6 is 11.6 Å². The Labute approximate surface area is 126 Å². The van der Waals surface area contributed by atoms with E-state index in [0.29, 0.717) is 27.4 Å². The molecular weight excluding hydrogens is 296 g/mol. The smallest absolute Gasteiger partial charge is 0.341 e. The molecule has 0 amide bonds. The fraction of sp³-hybridized carbons (Fsp3) is 0.286. The van der Waals surface area contributed by atoms with E-state index in [9.17, 15) is 4.79 Å². The van der Waals surface area contributed by atoms with Gasteiger partial charge < -0.3 is 19.9 Å². The highest BCUT2D eigenvalue weighted by atomic mass is 35.5. The molecule has 0 radical (unpaired) electrons. The van der Waals surface area contributed by atoms with Crippen molar-refractivity contribution in [1.82, 2.24) is 4.98 Å². The highest BCUT2D eigenvalue weighted by molar-refractivity contribution is 6.34. The number of nitrogens with two attached hydrogens (primary N) is 1. The number of anilines is 1. The third-order valence-electron chi connectivity index (χ3n) is 2.97. The zero-order valence-corrected chi connectivity index (χ0v) is 12.7. The van der Waals surface area contributed by atoms with Crippen molar-refractivity contribution in [2.45, 2.75) is 6.92 Å². The van der Waals surface area contributed by atoms with Crippen molar-refractivity contribution < 1.29 is 19.0 Å². The van der Waals surface area contributed by atoms with Crippen molar-refractivity contribution in [1.29, 1.82) is 0 Å². The van der Waals surface area contributed by atoms with Crippen LogP contribution in [0.5, 0.6) is 11.5 Å². The summed E-state index contributed by atoms with van der Waals surface area (Å²) in [7, 11) is 2.96. The van der Waals surface area contributed by atoms with Crippen molar-refractivity contribution in [3.05, 3.63) is 22.8 Å². The van der Waals surface area contributed by atoms with Gasteiger partial charge in [-0.2, -0.15) is 0 Å². The fourth-order valence-corrected chi connectivity index (χ4v) is 2.31. The van der Waals surface area contributed by atoms with Gasteiger partial charge in [0.05, 0.1) is 36.9 Å². The molecule has 112 valence electrons. The third-order valence-corrected chi connectivity index (χ3v) is 3.25. The first kappa shape index (κ1) is 15.2. The molecule has 2 aromatic rings. The Morgan fingerprint density at radius 3 is 2.67 bits per heavy atom. The average Bonchev–Trinajstić information content (AvgIpc) is 2.47. The maximum absolute atomic E-state index is 11.9. The largest absolute Gasteiger partial charge is 0.494 e. The van der Waals surface area contributed by atoms with Gasteiger partial charge in [-0.1, -0.05) is 11.6 Å². The first-order valence-electron chi connectivity index (χ1n) is 6.20. The van der Waals surface area contributed by atoms with Crippen LogP contribution < -0.4 is 15.2 Å². The van der Waals surface area contributed by atoms with E-state index in [1.54, 1.807) is 13.0 Å². The van der Waals surface area contributed by atoms with Crippen LogP contribution in [-0.2, 0) is 4.74 Å². The molecule has 6 nitrogen and oxygen atoms in total. The summed E-state index contributed by atoms with van der Waals surface area (Å²) in [4.78, 5) is 16.1. The van der Waals surface area contributed by atoms with Gasteiger partial charge >= 0.3 is 5.97 Å². The molecule has 1 aromatic heterocycles. The summed E-state index contributed by atoms with van der Waals surface area (Å²) < 4.78 is 15.5. The third kappa shape index (κ3) is 2.54. The Kier molecular flexibility index (Phi) is 4.37. The van der Waals surface area contributed by atoms with Crippen LogP contribution in [0.3, 0.4) is 0 Å². The monoisotopic (exact) mass is 310 g/mol. The first-order chi connectivity index (χ1) is 10.0. The number of ether oxygens (including phenoxy) is 3. The first-order valence-corrected chi connectivity index (χ1v) is 6.58. The summed E-state index contributed by atoms with van der Waals surface area (Å²) in [6.07, 6.45) is 1.35. The molecule has 7 heteroatoms. The lowest BCUT2D eigenvalue weighted by Gasteiger charge is -2.14. The standard InChI is InChI=1S/C14H15ClN2O4/c1-4-21-14(18)7-6-17-12-9(19-2)5-8(15)13(20-3)10(12)11(7)16/h5-6H,4H2,1-3H3,(H2,16,17). The average molecular weight is 311 g/mol. The van der Waals surface area contributed by atoms with Gasteiger partial charge in [-0.25, -0.2) is 4.79 Å². The Hall–Kier alpha value is -2.21. The Bertz CT molecular complexity index is 703. The fourth-order valence-electron chi connectivity index (χ4n) is 2.04. The normalized spacial score (nSPS) is 10.5. The second-order valence-electron chi connectivity index (χ2n) is 4.12. The lowest BCUT2D eigenvalue weighted by atomic mass is 10.1. The number of carbonyl (C=O) groups is 1. The van der Waals surface area contributed by atoms with Gasteiger partial charge in [0.2, 0.25) is 0 Å². The van der Waals surface area contributed by atoms with Crippen LogP contribution in [0.15, 0.2) is 12.3 Å². The number of hydrogen-bond donors (Lipinski definition) is 1. The van der Waals surface area contributed by atoms with Crippen molar-refractivity contribution >= 4 is 34.2 Å². The number of methoxy groups -OCH3 is 2. The molecule has 0 saturated carbocycles. The minimum absolute atomic E-state index is 0.159. The minimum Gasteiger partial charge on any atom is -0.494 e. The summed E-state index contributed by atoms with van der Waals surface area (Å²) in [6, 6.07) is 1.58. The molecule has 0 spiro atoms. The molecule has 0 atom stereocenters. The number of nitrogens with zero attached hydrogens (tertiary/aromatic N) is 1. The van der Waals surface area contributed by atoms with Crippen LogP contribution in [-0.4, -0.2) is 31.8 Å². The van der Waals surface area contributed by atoms with Crippen LogP contribution in [0.2, 0.25) is 5.02 Å². The molecule has 0 bridgehead atoms. The van der Waals surface area contributed by atoms with E-state index < -0.39 is 5.97 Å². The zero-order valence-electron chi connectivity index (χ0n) is 11.9. The van der Waals surface area contributed by atoms with Gasteiger partial charge in [0.1, 0.15) is 22.6 Å². The zero-order chi connectivity index (χ0) is 15.6. The quantitative estimate of drug-likeness (QED) is 0.874. The highest BCUT2D eigenvalue weighted by Gasteiger charge is 2.21. The molecular formula is C14H15ClN2O4. The van der Waals surface area contributed by atoms with Crippen molar-refractivity contribution in [2.75, 3.05) is 26.6 Å². The van der Waals surface area contributed by atoms with Crippen molar-refractivity contribution in [3.8, 4) is 11.5 Å². The molecule has 0 saturated heterocycles. The number of rotatable bonds is 4. The van der Waals surface area contributed by atoms with Crippen molar-refractivity contribution in [3.63, 3.8) is 0 Å². The summed E-state index contributed by atoms with van der Waals surface area (Å²) in [6.45, 7) is 1.95. The SMILES string of the molecule is CCOC(=O)c1cnc2c(OC)cc(Cl)c(OC)c2c1N. The molecule has 1 heterocycles. The summed E-state index contributed by atoms with van der Waals surface area (Å²) >= 11 is 6.15.